The van der Waals surface area contributed by atoms with Crippen LogP contribution in [0.1, 0.15) is 99.4 Å². The molecule has 0 radical (unpaired) electrons. The van der Waals surface area contributed by atoms with Crippen molar-refractivity contribution in [3.8, 4) is 0 Å². The second kappa shape index (κ2) is 16.1. The van der Waals surface area contributed by atoms with Gasteiger partial charge in [0.25, 0.3) is 0 Å². The van der Waals surface area contributed by atoms with E-state index in [4.69, 9.17) is 4.74 Å². The third-order valence-corrected chi connectivity index (χ3v) is 11.0. The van der Waals surface area contributed by atoms with Gasteiger partial charge >= 0.3 is 6.09 Å². The highest BCUT2D eigenvalue weighted by Gasteiger charge is 2.35. The molecule has 3 aliphatic rings. The summed E-state index contributed by atoms with van der Waals surface area (Å²) in [6, 6.07) is 21.3. The molecule has 4 heterocycles. The van der Waals surface area contributed by atoms with Crippen molar-refractivity contribution in [2.45, 2.75) is 90.2 Å². The third kappa shape index (κ3) is 8.28. The molecule has 3 aliphatic heterocycles. The van der Waals surface area contributed by atoms with Crippen molar-refractivity contribution in [1.82, 2.24) is 29.5 Å². The molecule has 9 heteroatoms. The molecule has 0 bridgehead atoms. The quantitative estimate of drug-likeness (QED) is 0.239. The molecule has 3 saturated heterocycles. The topological polar surface area (TPSA) is 83.8 Å². The van der Waals surface area contributed by atoms with Crippen LogP contribution in [0.4, 0.5) is 4.79 Å². The molecule has 3 aromatic rings. The Kier molecular flexibility index (Phi) is 11.5. The van der Waals surface area contributed by atoms with Gasteiger partial charge in [-0.1, -0.05) is 74.5 Å². The molecule has 6 rings (SSSR count). The number of hydrogen-bond acceptors (Lipinski definition) is 6. The zero-order valence-corrected chi connectivity index (χ0v) is 29.2. The monoisotopic (exact) mass is 654 g/mol. The SMILES string of the molecule is Cc1nnc(C(C)C)n1C1CCN(CC[C@@H](c2ccccc2)C2CCN(C(=O)C3CCN(C(=O)OCc4ccccc4)CC3)CC2)CC1. The molecule has 1 atom stereocenters. The van der Waals surface area contributed by atoms with Crippen LogP contribution >= 0.6 is 0 Å². The lowest BCUT2D eigenvalue weighted by atomic mass is 9.77. The lowest BCUT2D eigenvalue weighted by Crippen LogP contribution is -2.47. The van der Waals surface area contributed by atoms with Gasteiger partial charge in [-0.2, -0.15) is 0 Å². The maximum atomic E-state index is 13.6. The van der Waals surface area contributed by atoms with Crippen molar-refractivity contribution in [2.24, 2.45) is 11.8 Å². The first-order valence-corrected chi connectivity index (χ1v) is 18.3. The fraction of sp³-hybridized carbons (Fsp3) is 0.590. The summed E-state index contributed by atoms with van der Waals surface area (Å²) in [5.74, 6) is 3.87. The molecule has 0 saturated carbocycles. The Morgan fingerprint density at radius 2 is 1.42 bits per heavy atom. The number of aromatic nitrogens is 3. The maximum Gasteiger partial charge on any atom is 0.410 e. The molecular formula is C39H54N6O3. The standard InChI is InChI=1S/C39H54N6O3/c1-29(2)37-41-40-30(3)45(37)35-18-21-42(22-19-35)23-20-36(32-12-8-5-9-13-32)33-14-24-43(25-15-33)38(46)34-16-26-44(27-17-34)39(47)48-28-31-10-6-4-7-11-31/h4-13,29,33-36H,14-28H2,1-3H3/t36-/m0/s1. The van der Waals surface area contributed by atoms with Crippen LogP contribution in [0.3, 0.4) is 0 Å². The Hall–Kier alpha value is -3.72. The predicted octanol–water partition coefficient (Wildman–Crippen LogP) is 6.81. The van der Waals surface area contributed by atoms with Crippen LogP contribution in [0.15, 0.2) is 60.7 Å². The van der Waals surface area contributed by atoms with E-state index in [0.29, 0.717) is 49.7 Å². The molecular weight excluding hydrogens is 600 g/mol. The third-order valence-electron chi connectivity index (χ3n) is 11.0. The molecule has 0 aliphatic carbocycles. The minimum Gasteiger partial charge on any atom is -0.445 e. The number of amides is 2. The Labute approximate surface area is 286 Å². The van der Waals surface area contributed by atoms with E-state index in [1.807, 2.05) is 30.3 Å². The summed E-state index contributed by atoms with van der Waals surface area (Å²) >= 11 is 0. The summed E-state index contributed by atoms with van der Waals surface area (Å²) in [4.78, 5) is 32.7. The van der Waals surface area contributed by atoms with Gasteiger partial charge in [-0.25, -0.2) is 4.79 Å². The number of aryl methyl sites for hydroxylation is 1. The van der Waals surface area contributed by atoms with Gasteiger partial charge in [0, 0.05) is 57.1 Å². The molecule has 48 heavy (non-hydrogen) atoms. The van der Waals surface area contributed by atoms with Gasteiger partial charge < -0.3 is 24.0 Å². The van der Waals surface area contributed by atoms with Gasteiger partial charge in [-0.15, -0.1) is 10.2 Å². The number of rotatable bonds is 10. The smallest absolute Gasteiger partial charge is 0.410 e. The number of hydrogen-bond donors (Lipinski definition) is 0. The maximum absolute atomic E-state index is 13.6. The van der Waals surface area contributed by atoms with Gasteiger partial charge in [-0.05, 0) is 81.4 Å². The van der Waals surface area contributed by atoms with Gasteiger partial charge in [0.05, 0.1) is 0 Å². The summed E-state index contributed by atoms with van der Waals surface area (Å²) < 4.78 is 7.93. The Bertz CT molecular complexity index is 1450. The number of likely N-dealkylation sites (tertiary alicyclic amines) is 3. The van der Waals surface area contributed by atoms with Gasteiger partial charge in [-0.3, -0.25) is 4.79 Å². The number of ether oxygens (including phenoxy) is 1. The second-order valence-electron chi connectivity index (χ2n) is 14.5. The normalized spacial score (nSPS) is 19.5. The van der Waals surface area contributed by atoms with Crippen molar-refractivity contribution in [3.63, 3.8) is 0 Å². The Morgan fingerprint density at radius 3 is 2.06 bits per heavy atom. The highest BCUT2D eigenvalue weighted by molar-refractivity contribution is 5.79. The van der Waals surface area contributed by atoms with Gasteiger partial charge in [0.1, 0.15) is 18.3 Å². The van der Waals surface area contributed by atoms with Crippen LogP contribution in [-0.2, 0) is 16.1 Å². The van der Waals surface area contributed by atoms with Crippen LogP contribution in [0.2, 0.25) is 0 Å². The zero-order chi connectivity index (χ0) is 33.5. The van der Waals surface area contributed by atoms with Crippen molar-refractivity contribution in [3.05, 3.63) is 83.4 Å². The number of nitrogens with zero attached hydrogens (tertiary/aromatic N) is 6. The largest absolute Gasteiger partial charge is 0.445 e. The molecule has 0 unspecified atom stereocenters. The fourth-order valence-electron chi connectivity index (χ4n) is 8.23. The van der Waals surface area contributed by atoms with E-state index in [1.165, 1.54) is 5.56 Å². The average Bonchev–Trinajstić information content (AvgIpc) is 3.53. The number of benzene rings is 2. The summed E-state index contributed by atoms with van der Waals surface area (Å²) in [7, 11) is 0. The van der Waals surface area contributed by atoms with Gasteiger partial charge in [0.15, 0.2) is 0 Å². The van der Waals surface area contributed by atoms with E-state index in [1.54, 1.807) is 4.90 Å². The highest BCUT2D eigenvalue weighted by Crippen LogP contribution is 2.37. The summed E-state index contributed by atoms with van der Waals surface area (Å²) in [6.07, 6.45) is 6.65. The molecule has 2 aromatic carbocycles. The average molecular weight is 655 g/mol. The first-order valence-electron chi connectivity index (χ1n) is 18.3. The number of carbonyl (C=O) groups excluding carboxylic acids is 2. The molecule has 258 valence electrons. The van der Waals surface area contributed by atoms with E-state index in [9.17, 15) is 9.59 Å². The van der Waals surface area contributed by atoms with Crippen LogP contribution < -0.4 is 0 Å². The van der Waals surface area contributed by atoms with E-state index in [0.717, 1.165) is 82.0 Å². The van der Waals surface area contributed by atoms with Crippen molar-refractivity contribution in [1.29, 1.82) is 0 Å². The molecule has 3 fully saturated rings. The summed E-state index contributed by atoms with van der Waals surface area (Å²) in [6.45, 7) is 12.9. The molecule has 9 nitrogen and oxygen atoms in total. The van der Waals surface area contributed by atoms with E-state index in [2.05, 4.69) is 75.7 Å². The lowest BCUT2D eigenvalue weighted by Gasteiger charge is -2.40. The zero-order valence-electron chi connectivity index (χ0n) is 29.2. The van der Waals surface area contributed by atoms with Gasteiger partial charge in [0.2, 0.25) is 5.91 Å². The van der Waals surface area contributed by atoms with Crippen LogP contribution in [-0.4, -0.2) is 87.3 Å². The molecule has 0 spiro atoms. The number of piperidine rings is 3. The van der Waals surface area contributed by atoms with Crippen LogP contribution in [0.25, 0.3) is 0 Å². The number of carbonyl (C=O) groups is 2. The first-order chi connectivity index (χ1) is 23.4. The molecule has 2 amide bonds. The minimum atomic E-state index is -0.284. The molecule has 1 aromatic heterocycles. The summed E-state index contributed by atoms with van der Waals surface area (Å²) in [5, 5.41) is 8.88. The summed E-state index contributed by atoms with van der Waals surface area (Å²) in [5.41, 5.74) is 2.42. The van der Waals surface area contributed by atoms with Crippen LogP contribution in [0, 0.1) is 18.8 Å². The Morgan fingerprint density at radius 1 is 0.792 bits per heavy atom. The van der Waals surface area contributed by atoms with E-state index < -0.39 is 0 Å². The van der Waals surface area contributed by atoms with Crippen LogP contribution in [0.5, 0.6) is 0 Å². The van der Waals surface area contributed by atoms with E-state index >= 15 is 0 Å². The first kappa shape index (κ1) is 34.2. The van der Waals surface area contributed by atoms with Crippen molar-refractivity contribution >= 4 is 12.0 Å². The van der Waals surface area contributed by atoms with Crippen molar-refractivity contribution < 1.29 is 14.3 Å². The van der Waals surface area contributed by atoms with Crippen molar-refractivity contribution in [2.75, 3.05) is 45.8 Å². The Balaban J connectivity index is 0.968. The van der Waals surface area contributed by atoms with E-state index in [-0.39, 0.29) is 24.5 Å². The lowest BCUT2D eigenvalue weighted by molar-refractivity contribution is -0.138. The predicted molar refractivity (Wildman–Crippen MR) is 188 cm³/mol. The molecule has 0 N–H and O–H groups in total. The minimum absolute atomic E-state index is 0.00826. The fourth-order valence-corrected chi connectivity index (χ4v) is 8.23. The second-order valence-corrected chi connectivity index (χ2v) is 14.5. The highest BCUT2D eigenvalue weighted by atomic mass is 16.6.